The lowest BCUT2D eigenvalue weighted by Crippen LogP contribution is -2.52. The number of methoxy groups -OCH3 is 1. The first kappa shape index (κ1) is 21.5. The number of carbonyl (C=O) groups excluding carboxylic acids is 3. The van der Waals surface area contributed by atoms with E-state index in [-0.39, 0.29) is 18.2 Å². The first-order valence-electron chi connectivity index (χ1n) is 10.2. The molecule has 0 bridgehead atoms. The lowest BCUT2D eigenvalue weighted by atomic mass is 10.1. The minimum Gasteiger partial charge on any atom is -0.465 e. The molecule has 2 aliphatic rings. The quantitative estimate of drug-likeness (QED) is 0.524. The second-order valence-electron chi connectivity index (χ2n) is 7.76. The van der Waals surface area contributed by atoms with Gasteiger partial charge in [-0.05, 0) is 42.0 Å². The molecule has 2 saturated heterocycles. The molecule has 2 aliphatic heterocycles. The van der Waals surface area contributed by atoms with E-state index in [9.17, 15) is 14.4 Å². The van der Waals surface area contributed by atoms with Gasteiger partial charge in [0.25, 0.3) is 5.91 Å². The Kier molecular flexibility index (Phi) is 6.36. The second-order valence-corrected chi connectivity index (χ2v) is 8.20. The summed E-state index contributed by atoms with van der Waals surface area (Å²) in [6.07, 6.45) is 0.175. The fraction of sp³-hybridized carbons (Fsp3) is 0.348. The molecular formula is C23H24ClN3O4. The number of carbonyl (C=O) groups is 3. The summed E-state index contributed by atoms with van der Waals surface area (Å²) in [6.45, 7) is 3.95. The molecule has 0 saturated carbocycles. The zero-order valence-corrected chi connectivity index (χ0v) is 18.0. The van der Waals surface area contributed by atoms with Crippen molar-refractivity contribution in [3.05, 3.63) is 64.7 Å². The van der Waals surface area contributed by atoms with Crippen molar-refractivity contribution in [3.8, 4) is 0 Å². The second kappa shape index (κ2) is 9.18. The molecule has 31 heavy (non-hydrogen) atoms. The molecule has 2 amide bonds. The predicted octanol–water partition coefficient (Wildman–Crippen LogP) is 2.58. The number of benzene rings is 2. The van der Waals surface area contributed by atoms with Gasteiger partial charge in [0.1, 0.15) is 0 Å². The highest BCUT2D eigenvalue weighted by Gasteiger charge is 2.43. The number of piperazine rings is 1. The van der Waals surface area contributed by atoms with E-state index >= 15 is 0 Å². The molecule has 4 rings (SSSR count). The molecule has 2 aromatic rings. The summed E-state index contributed by atoms with van der Waals surface area (Å²) >= 11 is 5.95. The topological polar surface area (TPSA) is 70.2 Å². The van der Waals surface area contributed by atoms with Crippen LogP contribution in [0.25, 0.3) is 0 Å². The van der Waals surface area contributed by atoms with Crippen molar-refractivity contribution in [2.45, 2.75) is 19.0 Å². The Balaban J connectivity index is 1.37. The van der Waals surface area contributed by atoms with E-state index in [1.165, 1.54) is 17.6 Å². The monoisotopic (exact) mass is 441 g/mol. The molecule has 2 aromatic carbocycles. The lowest BCUT2D eigenvalue weighted by Gasteiger charge is -2.37. The maximum Gasteiger partial charge on any atom is 0.337 e. The number of rotatable bonds is 5. The number of esters is 1. The first-order valence-corrected chi connectivity index (χ1v) is 10.6. The van der Waals surface area contributed by atoms with E-state index in [0.717, 1.165) is 37.7 Å². The molecule has 162 valence electrons. The van der Waals surface area contributed by atoms with E-state index < -0.39 is 12.0 Å². The Morgan fingerprint density at radius 1 is 1.00 bits per heavy atom. The van der Waals surface area contributed by atoms with Crippen LogP contribution in [0.15, 0.2) is 48.5 Å². The minimum absolute atomic E-state index is 0.175. The standard InChI is InChI=1S/C23H24ClN3O4/c1-31-23(30)17-4-8-19(9-5-17)27-21(28)14-20(22(27)29)26-12-10-25(11-13-26)15-16-2-6-18(24)7-3-16/h2-9,20H,10-15H2,1H3/t20-/m1/s1. The van der Waals surface area contributed by atoms with Crippen molar-refractivity contribution in [2.24, 2.45) is 0 Å². The number of hydrogen-bond acceptors (Lipinski definition) is 6. The van der Waals surface area contributed by atoms with Gasteiger partial charge in [-0.1, -0.05) is 23.7 Å². The summed E-state index contributed by atoms with van der Waals surface area (Å²) in [5.41, 5.74) is 2.05. The molecule has 0 N–H and O–H groups in total. The number of nitrogens with zero attached hydrogens (tertiary/aromatic N) is 3. The molecule has 2 fully saturated rings. The minimum atomic E-state index is -0.458. The number of anilines is 1. The van der Waals surface area contributed by atoms with Gasteiger partial charge in [-0.3, -0.25) is 19.4 Å². The van der Waals surface area contributed by atoms with Crippen molar-refractivity contribution in [2.75, 3.05) is 38.2 Å². The summed E-state index contributed by atoms with van der Waals surface area (Å²) in [5, 5.41) is 0.725. The van der Waals surface area contributed by atoms with E-state index in [2.05, 4.69) is 14.5 Å². The van der Waals surface area contributed by atoms with Crippen LogP contribution in [-0.4, -0.2) is 66.9 Å². The van der Waals surface area contributed by atoms with Crippen LogP contribution >= 0.6 is 11.6 Å². The Labute approximate surface area is 186 Å². The Morgan fingerprint density at radius 2 is 1.65 bits per heavy atom. The third-order valence-corrected chi connectivity index (χ3v) is 6.09. The van der Waals surface area contributed by atoms with Gasteiger partial charge in [0.05, 0.1) is 30.8 Å². The maximum absolute atomic E-state index is 13.0. The summed E-state index contributed by atoms with van der Waals surface area (Å²) in [4.78, 5) is 42.9. The molecule has 1 atom stereocenters. The van der Waals surface area contributed by atoms with E-state index in [1.54, 1.807) is 24.3 Å². The number of imide groups is 1. The summed E-state index contributed by atoms with van der Waals surface area (Å²) in [6, 6.07) is 13.7. The normalized spacial score (nSPS) is 20.3. The van der Waals surface area contributed by atoms with Gasteiger partial charge in [-0.25, -0.2) is 9.69 Å². The average Bonchev–Trinajstić information content (AvgIpc) is 3.09. The van der Waals surface area contributed by atoms with Gasteiger partial charge in [0.15, 0.2) is 0 Å². The van der Waals surface area contributed by atoms with Crippen LogP contribution in [0.2, 0.25) is 5.02 Å². The van der Waals surface area contributed by atoms with Gasteiger partial charge < -0.3 is 4.74 Å². The molecular weight excluding hydrogens is 418 g/mol. The average molecular weight is 442 g/mol. The molecule has 0 aromatic heterocycles. The lowest BCUT2D eigenvalue weighted by molar-refractivity contribution is -0.123. The highest BCUT2D eigenvalue weighted by molar-refractivity contribution is 6.30. The summed E-state index contributed by atoms with van der Waals surface area (Å²) < 4.78 is 4.69. The SMILES string of the molecule is COC(=O)c1ccc(N2C(=O)C[C@@H](N3CCN(Cc4ccc(Cl)cc4)CC3)C2=O)cc1. The van der Waals surface area contributed by atoms with Crippen LogP contribution in [0.4, 0.5) is 5.69 Å². The van der Waals surface area contributed by atoms with Crippen molar-refractivity contribution in [1.82, 2.24) is 9.80 Å². The van der Waals surface area contributed by atoms with Crippen molar-refractivity contribution in [1.29, 1.82) is 0 Å². The van der Waals surface area contributed by atoms with Crippen LogP contribution in [-0.2, 0) is 20.9 Å². The smallest absolute Gasteiger partial charge is 0.337 e. The van der Waals surface area contributed by atoms with Gasteiger partial charge in [-0.15, -0.1) is 0 Å². The third-order valence-electron chi connectivity index (χ3n) is 5.84. The fourth-order valence-electron chi connectivity index (χ4n) is 4.12. The number of ether oxygens (including phenoxy) is 1. The fourth-order valence-corrected chi connectivity index (χ4v) is 4.24. The van der Waals surface area contributed by atoms with Crippen LogP contribution in [0.3, 0.4) is 0 Å². The van der Waals surface area contributed by atoms with Gasteiger partial charge in [-0.2, -0.15) is 0 Å². The Hall–Kier alpha value is -2.74. The van der Waals surface area contributed by atoms with Crippen LogP contribution in [0, 0.1) is 0 Å². The van der Waals surface area contributed by atoms with Gasteiger partial charge >= 0.3 is 5.97 Å². The predicted molar refractivity (Wildman–Crippen MR) is 117 cm³/mol. The van der Waals surface area contributed by atoms with Crippen molar-refractivity contribution in [3.63, 3.8) is 0 Å². The Bertz CT molecular complexity index is 969. The van der Waals surface area contributed by atoms with Crippen LogP contribution in [0.1, 0.15) is 22.3 Å². The van der Waals surface area contributed by atoms with Crippen molar-refractivity contribution < 1.29 is 19.1 Å². The van der Waals surface area contributed by atoms with E-state index in [1.807, 2.05) is 24.3 Å². The van der Waals surface area contributed by atoms with Gasteiger partial charge in [0, 0.05) is 37.7 Å². The zero-order chi connectivity index (χ0) is 22.0. The molecule has 0 spiro atoms. The number of hydrogen-bond donors (Lipinski definition) is 0. The first-order chi connectivity index (χ1) is 15.0. The van der Waals surface area contributed by atoms with Crippen molar-refractivity contribution >= 4 is 35.1 Å². The molecule has 0 unspecified atom stereocenters. The highest BCUT2D eigenvalue weighted by Crippen LogP contribution is 2.27. The van der Waals surface area contributed by atoms with E-state index in [0.29, 0.717) is 11.3 Å². The molecule has 2 heterocycles. The third kappa shape index (κ3) is 4.63. The summed E-state index contributed by atoms with van der Waals surface area (Å²) in [5.74, 6) is -0.883. The van der Waals surface area contributed by atoms with Gasteiger partial charge in [0.2, 0.25) is 5.91 Å². The number of amides is 2. The molecule has 0 radical (unpaired) electrons. The Morgan fingerprint density at radius 3 is 2.26 bits per heavy atom. The summed E-state index contributed by atoms with van der Waals surface area (Å²) in [7, 11) is 1.31. The van der Waals surface area contributed by atoms with Crippen LogP contribution < -0.4 is 4.90 Å². The zero-order valence-electron chi connectivity index (χ0n) is 17.3. The van der Waals surface area contributed by atoms with Crippen LogP contribution in [0.5, 0.6) is 0 Å². The number of halogens is 1. The molecule has 8 heteroatoms. The molecule has 0 aliphatic carbocycles. The highest BCUT2D eigenvalue weighted by atomic mass is 35.5. The molecule has 7 nitrogen and oxygen atoms in total. The maximum atomic E-state index is 13.0. The van der Waals surface area contributed by atoms with E-state index in [4.69, 9.17) is 11.6 Å². The largest absolute Gasteiger partial charge is 0.465 e.